The Bertz CT molecular complexity index is 678. The Balaban J connectivity index is 2.64. The molecule has 0 fully saturated rings. The molecule has 0 bridgehead atoms. The van der Waals surface area contributed by atoms with Crippen molar-refractivity contribution in [3.05, 3.63) is 51.2 Å². The van der Waals surface area contributed by atoms with Gasteiger partial charge in [-0.1, -0.05) is 6.08 Å². The standard InChI is InChI=1S/C12H11N3O2S/c1-2-6-15-11(17)9(10(16)14-12(15)18)7-8-4-3-5-13-8/h2-5,7,17H,1,6H2,(H,14,16,18)/b8-7+. The topological polar surface area (TPSA) is 70.4 Å². The van der Waals surface area contributed by atoms with Crippen molar-refractivity contribution in [2.75, 3.05) is 0 Å². The van der Waals surface area contributed by atoms with Gasteiger partial charge in [-0.3, -0.25) is 19.3 Å². The van der Waals surface area contributed by atoms with E-state index in [1.54, 1.807) is 24.4 Å². The number of rotatable bonds is 3. The molecule has 0 amide bonds. The number of aromatic nitrogens is 2. The molecule has 1 aromatic rings. The average Bonchev–Trinajstić information content (AvgIpc) is 2.83. The van der Waals surface area contributed by atoms with Crippen LogP contribution in [0.2, 0.25) is 0 Å². The number of allylic oxidation sites excluding steroid dienone is 3. The van der Waals surface area contributed by atoms with Crippen LogP contribution in [0.15, 0.2) is 40.3 Å². The minimum absolute atomic E-state index is 0.129. The van der Waals surface area contributed by atoms with Crippen LogP contribution in [0.1, 0.15) is 5.56 Å². The highest BCUT2D eigenvalue weighted by atomic mass is 32.1. The molecule has 2 heterocycles. The van der Waals surface area contributed by atoms with Crippen molar-refractivity contribution in [2.45, 2.75) is 6.54 Å². The fraction of sp³-hybridized carbons (Fsp3) is 0.0833. The lowest BCUT2D eigenvalue weighted by atomic mass is 10.2. The minimum Gasteiger partial charge on any atom is -0.494 e. The highest BCUT2D eigenvalue weighted by Gasteiger charge is 2.10. The Morgan fingerprint density at radius 1 is 1.61 bits per heavy atom. The number of aliphatic imine (C=N–C) groups is 1. The van der Waals surface area contributed by atoms with Crippen molar-refractivity contribution in [3.8, 4) is 5.88 Å². The van der Waals surface area contributed by atoms with Crippen LogP contribution < -0.4 is 5.56 Å². The summed E-state index contributed by atoms with van der Waals surface area (Å²) in [6.07, 6.45) is 8.17. The fourth-order valence-corrected chi connectivity index (χ4v) is 1.80. The average molecular weight is 261 g/mol. The van der Waals surface area contributed by atoms with E-state index in [2.05, 4.69) is 16.6 Å². The second kappa shape index (κ2) is 4.97. The molecule has 1 aromatic heterocycles. The van der Waals surface area contributed by atoms with Crippen LogP contribution in [0.4, 0.5) is 0 Å². The molecule has 92 valence electrons. The number of aromatic hydroxyl groups is 1. The third kappa shape index (κ3) is 2.23. The summed E-state index contributed by atoms with van der Waals surface area (Å²) in [6.45, 7) is 3.89. The molecule has 5 nitrogen and oxygen atoms in total. The molecular weight excluding hydrogens is 250 g/mol. The molecule has 0 saturated heterocycles. The van der Waals surface area contributed by atoms with Crippen LogP contribution in [0.3, 0.4) is 0 Å². The second-order valence-corrected chi connectivity index (χ2v) is 3.99. The third-order valence-electron chi connectivity index (χ3n) is 2.39. The molecule has 0 unspecified atom stereocenters. The van der Waals surface area contributed by atoms with Crippen molar-refractivity contribution in [3.63, 3.8) is 0 Å². The van der Waals surface area contributed by atoms with Gasteiger partial charge in [0.05, 0.1) is 5.70 Å². The Labute approximate surface area is 108 Å². The van der Waals surface area contributed by atoms with Gasteiger partial charge >= 0.3 is 0 Å². The van der Waals surface area contributed by atoms with Crippen molar-refractivity contribution < 1.29 is 5.11 Å². The van der Waals surface area contributed by atoms with E-state index in [0.717, 1.165) is 0 Å². The van der Waals surface area contributed by atoms with Crippen LogP contribution in [-0.2, 0) is 6.54 Å². The third-order valence-corrected chi connectivity index (χ3v) is 2.71. The molecule has 18 heavy (non-hydrogen) atoms. The highest BCUT2D eigenvalue weighted by Crippen LogP contribution is 2.18. The first-order chi connectivity index (χ1) is 8.63. The summed E-state index contributed by atoms with van der Waals surface area (Å²) < 4.78 is 1.54. The largest absolute Gasteiger partial charge is 0.494 e. The zero-order valence-electron chi connectivity index (χ0n) is 9.46. The van der Waals surface area contributed by atoms with E-state index in [0.29, 0.717) is 12.2 Å². The van der Waals surface area contributed by atoms with Gasteiger partial charge < -0.3 is 5.11 Å². The maximum atomic E-state index is 11.8. The van der Waals surface area contributed by atoms with Gasteiger partial charge in [0.15, 0.2) is 4.77 Å². The number of nitrogens with one attached hydrogen (secondary N) is 1. The maximum absolute atomic E-state index is 11.8. The minimum atomic E-state index is -0.444. The lowest BCUT2D eigenvalue weighted by Gasteiger charge is -2.08. The zero-order valence-corrected chi connectivity index (χ0v) is 10.3. The molecule has 2 rings (SSSR count). The predicted molar refractivity (Wildman–Crippen MR) is 73.4 cm³/mol. The molecule has 1 aliphatic heterocycles. The predicted octanol–water partition coefficient (Wildman–Crippen LogP) is 1.78. The van der Waals surface area contributed by atoms with Crippen LogP contribution in [0.25, 0.3) is 6.08 Å². The first-order valence-corrected chi connectivity index (χ1v) is 5.63. The SMILES string of the molecule is C=CCn1c(O)c(/C=C2\C=CC=N2)c(=O)[nH]c1=S. The van der Waals surface area contributed by atoms with Gasteiger partial charge in [-0.05, 0) is 30.4 Å². The number of H-pyrrole nitrogens is 1. The molecule has 0 aliphatic carbocycles. The molecule has 0 saturated carbocycles. The van der Waals surface area contributed by atoms with E-state index in [9.17, 15) is 9.90 Å². The lowest BCUT2D eigenvalue weighted by molar-refractivity contribution is 0.412. The van der Waals surface area contributed by atoms with Crippen LogP contribution >= 0.6 is 12.2 Å². The van der Waals surface area contributed by atoms with E-state index >= 15 is 0 Å². The van der Waals surface area contributed by atoms with Crippen molar-refractivity contribution in [1.82, 2.24) is 9.55 Å². The van der Waals surface area contributed by atoms with Crippen molar-refractivity contribution in [2.24, 2.45) is 4.99 Å². The summed E-state index contributed by atoms with van der Waals surface area (Å²) in [5.74, 6) is -0.188. The van der Waals surface area contributed by atoms with Crippen molar-refractivity contribution in [1.29, 1.82) is 0 Å². The number of aromatic amines is 1. The monoisotopic (exact) mass is 261 g/mol. The smallest absolute Gasteiger partial charge is 0.262 e. The Morgan fingerprint density at radius 2 is 2.39 bits per heavy atom. The number of hydrogen-bond acceptors (Lipinski definition) is 4. The molecule has 0 atom stereocenters. The first kappa shape index (κ1) is 12.3. The molecular formula is C12H11N3O2S. The van der Waals surface area contributed by atoms with Crippen molar-refractivity contribution >= 4 is 24.5 Å². The van der Waals surface area contributed by atoms with E-state index in [-0.39, 0.29) is 16.2 Å². The molecule has 0 aromatic carbocycles. The Hall–Kier alpha value is -2.21. The molecule has 0 radical (unpaired) electrons. The van der Waals surface area contributed by atoms with Crippen LogP contribution in [0.5, 0.6) is 5.88 Å². The fourth-order valence-electron chi connectivity index (χ4n) is 1.55. The second-order valence-electron chi connectivity index (χ2n) is 3.60. The van der Waals surface area contributed by atoms with Gasteiger partial charge in [0.2, 0.25) is 5.88 Å². The number of hydrogen-bond donors (Lipinski definition) is 2. The molecule has 2 N–H and O–H groups in total. The van der Waals surface area contributed by atoms with Gasteiger partial charge in [-0.25, -0.2) is 0 Å². The summed E-state index contributed by atoms with van der Waals surface area (Å²) in [4.78, 5) is 18.3. The summed E-state index contributed by atoms with van der Waals surface area (Å²) in [6, 6.07) is 0. The molecule has 0 spiro atoms. The Morgan fingerprint density at radius 3 is 3.00 bits per heavy atom. The number of nitrogens with zero attached hydrogens (tertiary/aromatic N) is 2. The summed E-state index contributed by atoms with van der Waals surface area (Å²) >= 11 is 4.97. The quantitative estimate of drug-likeness (QED) is 0.643. The van der Waals surface area contributed by atoms with Gasteiger partial charge in [-0.2, -0.15) is 0 Å². The first-order valence-electron chi connectivity index (χ1n) is 5.23. The van der Waals surface area contributed by atoms with Crippen LogP contribution in [0, 0.1) is 4.77 Å². The maximum Gasteiger partial charge on any atom is 0.262 e. The van der Waals surface area contributed by atoms with E-state index in [4.69, 9.17) is 12.2 Å². The van der Waals surface area contributed by atoms with E-state index in [1.807, 2.05) is 0 Å². The lowest BCUT2D eigenvalue weighted by Crippen LogP contribution is -2.16. The summed E-state index contributed by atoms with van der Waals surface area (Å²) in [7, 11) is 0. The molecule has 6 heteroatoms. The summed E-state index contributed by atoms with van der Waals surface area (Å²) in [5, 5.41) is 10.0. The molecule has 1 aliphatic rings. The van der Waals surface area contributed by atoms with E-state index in [1.165, 1.54) is 10.6 Å². The normalized spacial score (nSPS) is 15.4. The van der Waals surface area contributed by atoms with Gasteiger partial charge in [0.1, 0.15) is 5.56 Å². The van der Waals surface area contributed by atoms with Gasteiger partial charge in [0.25, 0.3) is 5.56 Å². The van der Waals surface area contributed by atoms with Gasteiger partial charge in [0, 0.05) is 12.8 Å². The van der Waals surface area contributed by atoms with Gasteiger partial charge in [-0.15, -0.1) is 6.58 Å². The zero-order chi connectivity index (χ0) is 13.1. The highest BCUT2D eigenvalue weighted by molar-refractivity contribution is 7.71. The summed E-state index contributed by atoms with van der Waals surface area (Å²) in [5.41, 5.74) is 0.281. The van der Waals surface area contributed by atoms with Crippen LogP contribution in [-0.4, -0.2) is 20.9 Å². The Kier molecular flexibility index (Phi) is 3.38. The van der Waals surface area contributed by atoms with E-state index < -0.39 is 5.56 Å².